The second-order valence-electron chi connectivity index (χ2n) is 10.9. The zero-order valence-corrected chi connectivity index (χ0v) is 23.6. The van der Waals surface area contributed by atoms with Crippen molar-refractivity contribution in [3.05, 3.63) is 66.4 Å². The Bertz CT molecular complexity index is 1730. The Morgan fingerprint density at radius 2 is 1.91 bits per heavy atom. The number of pyridine rings is 1. The van der Waals surface area contributed by atoms with Crippen LogP contribution in [-0.4, -0.2) is 68.8 Å². The number of hydrogen-bond acceptors (Lipinski definition) is 8. The van der Waals surface area contributed by atoms with Gasteiger partial charge in [-0.25, -0.2) is 23.5 Å². The fourth-order valence-corrected chi connectivity index (χ4v) is 4.96. The third kappa shape index (κ3) is 5.88. The Hall–Kier alpha value is -5.11. The SMILES string of the molecule is C[C@H](CO)Nc1n[nH]c2nccc(Oc3ccc(NC(=O)C4CN(CC5CC5)C(=O)N(c5ccc(F)cc5)C4=O)cc3F)c12. The predicted octanol–water partition coefficient (Wildman–Crippen LogP) is 4.25. The molecular weight excluding hydrogens is 576 g/mol. The van der Waals surface area contributed by atoms with E-state index in [-0.39, 0.29) is 42.1 Å². The Kier molecular flexibility index (Phi) is 7.82. The number of nitrogens with zero attached hydrogens (tertiary/aromatic N) is 4. The highest BCUT2D eigenvalue weighted by atomic mass is 19.1. The van der Waals surface area contributed by atoms with Gasteiger partial charge in [-0.2, -0.15) is 5.10 Å². The highest BCUT2D eigenvalue weighted by Gasteiger charge is 2.45. The molecule has 1 unspecified atom stereocenters. The van der Waals surface area contributed by atoms with Crippen molar-refractivity contribution in [1.82, 2.24) is 20.1 Å². The Balaban J connectivity index is 1.20. The number of fused-ring (bicyclic) bond motifs is 1. The molecule has 6 rings (SSSR count). The first-order chi connectivity index (χ1) is 21.2. The molecule has 2 aromatic carbocycles. The van der Waals surface area contributed by atoms with E-state index in [1.54, 1.807) is 6.92 Å². The second kappa shape index (κ2) is 11.9. The summed E-state index contributed by atoms with van der Waals surface area (Å²) in [4.78, 5) is 46.5. The molecule has 0 spiro atoms. The first-order valence-electron chi connectivity index (χ1n) is 14.1. The molecule has 12 nitrogen and oxygen atoms in total. The highest BCUT2D eigenvalue weighted by molar-refractivity contribution is 6.23. The molecule has 0 radical (unpaired) electrons. The van der Waals surface area contributed by atoms with Crippen molar-refractivity contribution in [3.8, 4) is 11.5 Å². The van der Waals surface area contributed by atoms with Crippen LogP contribution in [0.15, 0.2) is 54.7 Å². The molecule has 1 aliphatic carbocycles. The van der Waals surface area contributed by atoms with Gasteiger partial charge in [-0.3, -0.25) is 14.7 Å². The van der Waals surface area contributed by atoms with Gasteiger partial charge in [0.1, 0.15) is 22.9 Å². The number of hydrogen-bond donors (Lipinski definition) is 4. The van der Waals surface area contributed by atoms with Crippen LogP contribution in [0.25, 0.3) is 11.0 Å². The Labute approximate surface area is 250 Å². The van der Waals surface area contributed by atoms with Gasteiger partial charge in [0.2, 0.25) is 11.8 Å². The smallest absolute Gasteiger partial charge is 0.331 e. The number of halogens is 2. The molecule has 4 aromatic rings. The van der Waals surface area contributed by atoms with E-state index in [9.17, 15) is 23.9 Å². The molecule has 4 N–H and O–H groups in total. The zero-order chi connectivity index (χ0) is 31.0. The van der Waals surface area contributed by atoms with Crippen LogP contribution in [0.1, 0.15) is 19.8 Å². The Morgan fingerprint density at radius 3 is 2.61 bits per heavy atom. The third-order valence-electron chi connectivity index (χ3n) is 7.46. The van der Waals surface area contributed by atoms with Gasteiger partial charge < -0.3 is 25.4 Å². The van der Waals surface area contributed by atoms with Gasteiger partial charge in [0, 0.05) is 43.1 Å². The highest BCUT2D eigenvalue weighted by Crippen LogP contribution is 2.35. The average molecular weight is 606 g/mol. The summed E-state index contributed by atoms with van der Waals surface area (Å²) in [5.41, 5.74) is 0.619. The number of carbonyl (C=O) groups excluding carboxylic acids is 3. The number of benzene rings is 2. The van der Waals surface area contributed by atoms with Crippen LogP contribution < -0.4 is 20.3 Å². The minimum atomic E-state index is -1.27. The van der Waals surface area contributed by atoms with E-state index < -0.39 is 35.4 Å². The molecule has 0 bridgehead atoms. The molecule has 2 atom stereocenters. The molecule has 2 aromatic heterocycles. The number of imide groups is 1. The van der Waals surface area contributed by atoms with Crippen molar-refractivity contribution in [2.24, 2.45) is 11.8 Å². The van der Waals surface area contributed by atoms with E-state index >= 15 is 4.39 Å². The van der Waals surface area contributed by atoms with Crippen LogP contribution in [0.5, 0.6) is 11.5 Å². The van der Waals surface area contributed by atoms with Gasteiger partial charge in [-0.15, -0.1) is 0 Å². The molecule has 4 amide bonds. The number of rotatable bonds is 10. The lowest BCUT2D eigenvalue weighted by molar-refractivity contribution is -0.132. The normalized spacial score (nSPS) is 17.6. The fraction of sp³-hybridized carbons (Fsp3) is 0.300. The maximum atomic E-state index is 15.3. The van der Waals surface area contributed by atoms with Gasteiger partial charge in [-0.1, -0.05) is 0 Å². The number of anilines is 3. The summed E-state index contributed by atoms with van der Waals surface area (Å²) in [6, 6.07) is 9.35. The van der Waals surface area contributed by atoms with Gasteiger partial charge in [0.05, 0.1) is 12.3 Å². The molecule has 1 aliphatic heterocycles. The fourth-order valence-electron chi connectivity index (χ4n) is 4.96. The first-order valence-corrected chi connectivity index (χ1v) is 14.1. The van der Waals surface area contributed by atoms with Crippen LogP contribution in [0, 0.1) is 23.5 Å². The molecule has 2 aliphatic rings. The zero-order valence-electron chi connectivity index (χ0n) is 23.6. The summed E-state index contributed by atoms with van der Waals surface area (Å²) in [6.45, 7) is 1.88. The van der Waals surface area contributed by atoms with Crippen molar-refractivity contribution in [2.45, 2.75) is 25.8 Å². The van der Waals surface area contributed by atoms with Crippen molar-refractivity contribution >= 4 is 46.1 Å². The number of aliphatic hydroxyl groups is 1. The summed E-state index contributed by atoms with van der Waals surface area (Å²) < 4.78 is 34.6. The largest absolute Gasteiger partial charge is 0.453 e. The monoisotopic (exact) mass is 605 g/mol. The van der Waals surface area contributed by atoms with Crippen molar-refractivity contribution in [2.75, 3.05) is 35.2 Å². The third-order valence-corrected chi connectivity index (χ3v) is 7.46. The summed E-state index contributed by atoms with van der Waals surface area (Å²) >= 11 is 0. The van der Waals surface area contributed by atoms with Gasteiger partial charge in [0.25, 0.3) is 0 Å². The standard InChI is InChI=1S/C30H29F2N7O5/c1-16(15-40)34-27-25-24(10-11-33-26(25)36-37-27)44-23-9-6-19(12-22(23)32)35-28(41)21-14-38(13-17-2-3-17)30(43)39(29(21)42)20-7-4-18(31)5-8-20/h4-12,16-17,21,40H,2-3,13-15H2,1H3,(H,35,41)(H2,33,34,36,37)/t16-,21?/m1/s1. The van der Waals surface area contributed by atoms with Crippen molar-refractivity contribution in [3.63, 3.8) is 0 Å². The number of ether oxygens (including phenoxy) is 1. The number of aromatic amines is 1. The first kappa shape index (κ1) is 29.0. The summed E-state index contributed by atoms with van der Waals surface area (Å²) in [5.74, 6) is -3.29. The Morgan fingerprint density at radius 1 is 1.14 bits per heavy atom. The number of nitrogens with one attached hydrogen (secondary N) is 3. The molecule has 1 saturated heterocycles. The van der Waals surface area contributed by atoms with Crippen LogP contribution in [0.4, 0.5) is 30.8 Å². The minimum absolute atomic E-state index is 0.0777. The molecule has 1 saturated carbocycles. The number of aromatic nitrogens is 3. The number of urea groups is 1. The second-order valence-corrected chi connectivity index (χ2v) is 10.9. The topological polar surface area (TPSA) is 153 Å². The summed E-state index contributed by atoms with van der Waals surface area (Å²) in [6.07, 6.45) is 3.36. The number of amides is 4. The van der Waals surface area contributed by atoms with Crippen molar-refractivity contribution < 1.29 is 33.0 Å². The number of carbonyl (C=O) groups is 3. The van der Waals surface area contributed by atoms with Gasteiger partial charge >= 0.3 is 6.03 Å². The van der Waals surface area contributed by atoms with E-state index in [1.807, 2.05) is 0 Å². The van der Waals surface area contributed by atoms with Crippen LogP contribution in [0.2, 0.25) is 0 Å². The maximum absolute atomic E-state index is 15.3. The number of H-pyrrole nitrogens is 1. The lowest BCUT2D eigenvalue weighted by Crippen LogP contribution is -2.60. The predicted molar refractivity (Wildman–Crippen MR) is 156 cm³/mol. The molecule has 3 heterocycles. The maximum Gasteiger partial charge on any atom is 0.331 e. The van der Waals surface area contributed by atoms with Crippen LogP contribution in [0.3, 0.4) is 0 Å². The summed E-state index contributed by atoms with van der Waals surface area (Å²) in [5, 5.41) is 22.4. The molecule has 44 heavy (non-hydrogen) atoms. The number of aliphatic hydroxyl groups excluding tert-OH is 1. The van der Waals surface area contributed by atoms with E-state index in [4.69, 9.17) is 4.74 Å². The summed E-state index contributed by atoms with van der Waals surface area (Å²) in [7, 11) is 0. The quantitative estimate of drug-likeness (QED) is 0.196. The average Bonchev–Trinajstić information content (AvgIpc) is 3.74. The van der Waals surface area contributed by atoms with E-state index in [0.29, 0.717) is 29.3 Å². The molecular formula is C30H29F2N7O5. The molecule has 2 fully saturated rings. The van der Waals surface area contributed by atoms with Gasteiger partial charge in [-0.05, 0) is 62.1 Å². The van der Waals surface area contributed by atoms with E-state index in [2.05, 4.69) is 25.8 Å². The minimum Gasteiger partial charge on any atom is -0.453 e. The van der Waals surface area contributed by atoms with Crippen LogP contribution in [-0.2, 0) is 9.59 Å². The lowest BCUT2D eigenvalue weighted by atomic mass is 10.0. The molecule has 14 heteroatoms. The van der Waals surface area contributed by atoms with Gasteiger partial charge in [0.15, 0.2) is 23.0 Å². The van der Waals surface area contributed by atoms with Crippen LogP contribution >= 0.6 is 0 Å². The van der Waals surface area contributed by atoms with E-state index in [1.165, 1.54) is 41.4 Å². The van der Waals surface area contributed by atoms with Crippen molar-refractivity contribution in [1.29, 1.82) is 0 Å². The molecule has 228 valence electrons. The lowest BCUT2D eigenvalue weighted by Gasteiger charge is -2.38. The van der Waals surface area contributed by atoms with E-state index in [0.717, 1.165) is 35.9 Å².